The average Bonchev–Trinajstić information content (AvgIpc) is 2.20. The van der Waals surface area contributed by atoms with E-state index in [0.717, 1.165) is 44.2 Å². The summed E-state index contributed by atoms with van der Waals surface area (Å²) >= 11 is 4.03. The van der Waals surface area contributed by atoms with Crippen molar-refractivity contribution in [1.29, 1.82) is 5.41 Å². The number of nitrogens with one attached hydrogen (secondary N) is 1. The van der Waals surface area contributed by atoms with Crippen molar-refractivity contribution >= 4 is 57.4 Å². The van der Waals surface area contributed by atoms with Crippen LogP contribution in [0.3, 0.4) is 0 Å². The van der Waals surface area contributed by atoms with Gasteiger partial charge in [0.1, 0.15) is 6.04 Å². The summed E-state index contributed by atoms with van der Waals surface area (Å²) in [6.07, 6.45) is 7.03. The van der Waals surface area contributed by atoms with Gasteiger partial charge in [0.15, 0.2) is 0 Å². The number of aliphatic carboxylic acids is 1. The molecular weight excluding hydrogens is 446 g/mol. The molecule has 6 heteroatoms. The Balaban J connectivity index is 3.49. The molecule has 0 radical (unpaired) electrons. The number of rotatable bonds is 10. The summed E-state index contributed by atoms with van der Waals surface area (Å²) in [6.45, 7) is 1.84. The van der Waals surface area contributed by atoms with Crippen molar-refractivity contribution in [2.45, 2.75) is 57.9 Å². The topological polar surface area (TPSA) is 64.4 Å². The second kappa shape index (κ2) is 10.5. The predicted octanol–water partition coefficient (Wildman–Crippen LogP) is 4.21. The van der Waals surface area contributed by atoms with Crippen LogP contribution in [0.2, 0.25) is 0 Å². The van der Waals surface area contributed by atoms with E-state index < -0.39 is 5.97 Å². The lowest BCUT2D eigenvalue weighted by Gasteiger charge is -2.15. The lowest BCUT2D eigenvalue weighted by atomic mass is 10.1. The van der Waals surface area contributed by atoms with Crippen LogP contribution in [0.4, 0.5) is 0 Å². The molecule has 1 atom stereocenters. The van der Waals surface area contributed by atoms with Gasteiger partial charge in [-0.05, 0) is 26.2 Å². The minimum absolute atomic E-state index is 0.375. The Hall–Kier alpha value is 0.560. The number of carboxylic acid groups (broad SMARTS) is 1. The first-order chi connectivity index (χ1) is 7.95. The standard InChI is InChI=1S/C11H20I2N2O2/c1-9(14)7-5-3-2-4-6-8-10(11(16)17)15(12)13/h10,14H,2-8H2,1H3,(H,16,17). The summed E-state index contributed by atoms with van der Waals surface area (Å²) < 4.78 is 1.70. The van der Waals surface area contributed by atoms with Crippen LogP contribution < -0.4 is 0 Å². The smallest absolute Gasteiger partial charge is 0.322 e. The summed E-state index contributed by atoms with van der Waals surface area (Å²) in [5, 5.41) is 16.3. The Morgan fingerprint density at radius 3 is 2.24 bits per heavy atom. The van der Waals surface area contributed by atoms with E-state index >= 15 is 0 Å². The molecule has 0 rings (SSSR count). The van der Waals surface area contributed by atoms with Gasteiger partial charge in [0.05, 0.1) is 0 Å². The van der Waals surface area contributed by atoms with Gasteiger partial charge in [-0.3, -0.25) is 4.79 Å². The van der Waals surface area contributed by atoms with E-state index in [1.165, 1.54) is 0 Å². The largest absolute Gasteiger partial charge is 0.480 e. The molecule has 0 saturated carbocycles. The van der Waals surface area contributed by atoms with E-state index in [-0.39, 0.29) is 6.04 Å². The van der Waals surface area contributed by atoms with Crippen LogP contribution in [-0.2, 0) is 4.79 Å². The average molecular weight is 466 g/mol. The SMILES string of the molecule is CC(=N)CCCCCCCC(C(=O)O)N(I)I. The highest BCUT2D eigenvalue weighted by Gasteiger charge is 2.21. The van der Waals surface area contributed by atoms with Gasteiger partial charge in [-0.1, -0.05) is 25.7 Å². The van der Waals surface area contributed by atoms with Crippen LogP contribution >= 0.6 is 45.7 Å². The van der Waals surface area contributed by atoms with Crippen LogP contribution in [0.25, 0.3) is 0 Å². The van der Waals surface area contributed by atoms with Gasteiger partial charge in [0, 0.05) is 51.4 Å². The van der Waals surface area contributed by atoms with Crippen molar-refractivity contribution in [2.24, 2.45) is 0 Å². The minimum Gasteiger partial charge on any atom is -0.480 e. The Morgan fingerprint density at radius 1 is 1.24 bits per heavy atom. The molecular formula is C11H20I2N2O2. The first kappa shape index (κ1) is 17.6. The molecule has 2 N–H and O–H groups in total. The first-order valence-electron chi connectivity index (χ1n) is 5.82. The number of hydrogen-bond donors (Lipinski definition) is 2. The molecule has 0 heterocycles. The zero-order valence-corrected chi connectivity index (χ0v) is 14.4. The summed E-state index contributed by atoms with van der Waals surface area (Å²) in [4.78, 5) is 10.9. The highest BCUT2D eigenvalue weighted by Crippen LogP contribution is 2.19. The monoisotopic (exact) mass is 466 g/mol. The van der Waals surface area contributed by atoms with Crippen molar-refractivity contribution in [1.82, 2.24) is 1.33 Å². The Labute approximate surface area is 131 Å². The zero-order chi connectivity index (χ0) is 13.3. The molecule has 1 unspecified atom stereocenters. The van der Waals surface area contributed by atoms with Gasteiger partial charge in [-0.2, -0.15) is 1.33 Å². The van der Waals surface area contributed by atoms with Gasteiger partial charge in [0.2, 0.25) is 0 Å². The fourth-order valence-corrected chi connectivity index (χ4v) is 2.60. The molecule has 0 aliphatic carbocycles. The number of unbranched alkanes of at least 4 members (excludes halogenated alkanes) is 4. The second-order valence-corrected chi connectivity index (χ2v) is 8.13. The van der Waals surface area contributed by atoms with Crippen molar-refractivity contribution in [3.05, 3.63) is 0 Å². The van der Waals surface area contributed by atoms with E-state index in [4.69, 9.17) is 10.5 Å². The highest BCUT2D eigenvalue weighted by molar-refractivity contribution is 14.2. The molecule has 4 nitrogen and oxygen atoms in total. The van der Waals surface area contributed by atoms with Crippen LogP contribution in [-0.4, -0.2) is 24.2 Å². The van der Waals surface area contributed by atoms with Gasteiger partial charge in [-0.15, -0.1) is 0 Å². The van der Waals surface area contributed by atoms with E-state index in [2.05, 4.69) is 0 Å². The molecule has 0 aromatic carbocycles. The first-order valence-corrected chi connectivity index (χ1v) is 7.75. The zero-order valence-electron chi connectivity index (χ0n) is 10.1. The maximum absolute atomic E-state index is 10.9. The minimum atomic E-state index is -0.742. The molecule has 0 amide bonds. The van der Waals surface area contributed by atoms with Crippen LogP contribution in [0.15, 0.2) is 0 Å². The van der Waals surface area contributed by atoms with E-state index in [1.54, 1.807) is 1.33 Å². The summed E-state index contributed by atoms with van der Waals surface area (Å²) in [5.74, 6) is -0.742. The number of carboxylic acids is 1. The van der Waals surface area contributed by atoms with E-state index in [0.29, 0.717) is 6.42 Å². The molecule has 0 aliphatic heterocycles. The lowest BCUT2D eigenvalue weighted by Crippen LogP contribution is -2.28. The number of nitrogens with zero attached hydrogens (tertiary/aromatic N) is 1. The lowest BCUT2D eigenvalue weighted by molar-refractivity contribution is -0.139. The Bertz CT molecular complexity index is 248. The van der Waals surface area contributed by atoms with Crippen molar-refractivity contribution in [3.8, 4) is 0 Å². The maximum atomic E-state index is 10.9. The molecule has 0 aromatic rings. The third-order valence-corrected chi connectivity index (χ3v) is 3.89. The fourth-order valence-electron chi connectivity index (χ4n) is 1.56. The fraction of sp³-hybridized carbons (Fsp3) is 0.818. The Kier molecular flexibility index (Phi) is 10.8. The number of halogens is 2. The molecule has 0 bridgehead atoms. The summed E-state index contributed by atoms with van der Waals surface area (Å²) in [5.41, 5.74) is 0.751. The Morgan fingerprint density at radius 2 is 1.76 bits per heavy atom. The van der Waals surface area contributed by atoms with Crippen molar-refractivity contribution < 1.29 is 9.90 Å². The molecule has 100 valence electrons. The maximum Gasteiger partial charge on any atom is 0.322 e. The third kappa shape index (κ3) is 10.2. The van der Waals surface area contributed by atoms with Crippen LogP contribution in [0.1, 0.15) is 51.9 Å². The molecule has 0 aliphatic rings. The van der Waals surface area contributed by atoms with Gasteiger partial charge in [0.25, 0.3) is 0 Å². The van der Waals surface area contributed by atoms with Crippen molar-refractivity contribution in [2.75, 3.05) is 0 Å². The van der Waals surface area contributed by atoms with E-state index in [1.807, 2.05) is 52.7 Å². The number of carbonyl (C=O) groups is 1. The van der Waals surface area contributed by atoms with Gasteiger partial charge >= 0.3 is 5.97 Å². The quantitative estimate of drug-likeness (QED) is 0.220. The van der Waals surface area contributed by atoms with Crippen molar-refractivity contribution in [3.63, 3.8) is 0 Å². The molecule has 17 heavy (non-hydrogen) atoms. The summed E-state index contributed by atoms with van der Waals surface area (Å²) in [6, 6.07) is -0.375. The van der Waals surface area contributed by atoms with Crippen LogP contribution in [0.5, 0.6) is 0 Å². The van der Waals surface area contributed by atoms with Crippen LogP contribution in [0, 0.1) is 5.41 Å². The molecule has 0 saturated heterocycles. The predicted molar refractivity (Wildman–Crippen MR) is 87.0 cm³/mol. The second-order valence-electron chi connectivity index (χ2n) is 4.20. The summed E-state index contributed by atoms with van der Waals surface area (Å²) in [7, 11) is 0. The normalized spacial score (nSPS) is 12.7. The highest BCUT2D eigenvalue weighted by atomic mass is 127. The van der Waals surface area contributed by atoms with E-state index in [9.17, 15) is 4.79 Å². The molecule has 0 aromatic heterocycles. The number of hydrogen-bond acceptors (Lipinski definition) is 3. The third-order valence-electron chi connectivity index (χ3n) is 2.55. The van der Waals surface area contributed by atoms with Gasteiger partial charge in [-0.25, -0.2) is 0 Å². The van der Waals surface area contributed by atoms with Gasteiger partial charge < -0.3 is 10.5 Å². The molecule has 0 fully saturated rings. The molecule has 0 spiro atoms.